The van der Waals surface area contributed by atoms with Gasteiger partial charge in [0.1, 0.15) is 0 Å². The van der Waals surface area contributed by atoms with Crippen molar-refractivity contribution in [1.29, 1.82) is 0 Å². The molecule has 0 unspecified atom stereocenters. The van der Waals surface area contributed by atoms with Gasteiger partial charge in [0.05, 0.1) is 22.5 Å². The van der Waals surface area contributed by atoms with Crippen LogP contribution < -0.4 is 9.80 Å². The van der Waals surface area contributed by atoms with E-state index in [1.54, 1.807) is 0 Å². The van der Waals surface area contributed by atoms with Gasteiger partial charge in [0.15, 0.2) is 0 Å². The minimum Gasteiger partial charge on any atom is -0.308 e. The summed E-state index contributed by atoms with van der Waals surface area (Å²) in [4.78, 5) is 4.90. The van der Waals surface area contributed by atoms with Crippen LogP contribution in [-0.4, -0.2) is 0 Å². The van der Waals surface area contributed by atoms with Crippen molar-refractivity contribution in [3.8, 4) is 22.3 Å². The summed E-state index contributed by atoms with van der Waals surface area (Å²) in [6.07, 6.45) is 0. The van der Waals surface area contributed by atoms with Gasteiger partial charge in [0.2, 0.25) is 0 Å². The molecule has 62 heavy (non-hydrogen) atoms. The molecule has 0 radical (unpaired) electrons. The van der Waals surface area contributed by atoms with Gasteiger partial charge in [-0.15, -0.1) is 0 Å². The van der Waals surface area contributed by atoms with Crippen LogP contribution in [0.2, 0.25) is 0 Å². The van der Waals surface area contributed by atoms with Crippen LogP contribution >= 0.6 is 0 Å². The quantitative estimate of drug-likeness (QED) is 0.144. The van der Waals surface area contributed by atoms with Crippen molar-refractivity contribution >= 4 is 44.9 Å². The third-order valence-electron chi connectivity index (χ3n) is 12.6. The van der Waals surface area contributed by atoms with E-state index in [4.69, 9.17) is 0 Å². The Morgan fingerprint density at radius 1 is 0.339 bits per heavy atom. The molecule has 0 fully saturated rings. The summed E-state index contributed by atoms with van der Waals surface area (Å²) < 4.78 is 0. The zero-order chi connectivity index (χ0) is 41.5. The lowest BCUT2D eigenvalue weighted by Crippen LogP contribution is -2.28. The fraction of sp³-hybridized carbons (Fsp3) is 0.0333. The lowest BCUT2D eigenvalue weighted by atomic mass is 9.67. The number of rotatable bonds is 9. The highest BCUT2D eigenvalue weighted by Crippen LogP contribution is 2.59. The molecule has 1 aliphatic rings. The minimum atomic E-state index is -0.563. The zero-order valence-corrected chi connectivity index (χ0v) is 34.6. The van der Waals surface area contributed by atoms with Gasteiger partial charge >= 0.3 is 0 Å². The standard InChI is InChI=1S/C60H44N2/c1-43-22-21-35-53-58(43)52-40-39-50(42-54(52)60(53,46-26-9-3-10-27-46)47-28-11-4-12-29-47)62(57-41-38-44-23-17-18-34-51(44)59(57)45-24-7-2-8-25-45)56-37-20-19-36-55(56)61(48-30-13-5-14-31-48)49-32-15-6-16-33-49/h2-42H,1H3. The highest BCUT2D eigenvalue weighted by Gasteiger charge is 2.47. The van der Waals surface area contributed by atoms with Gasteiger partial charge in [-0.1, -0.05) is 194 Å². The second-order valence-electron chi connectivity index (χ2n) is 16.1. The van der Waals surface area contributed by atoms with Gasteiger partial charge in [-0.2, -0.15) is 0 Å². The van der Waals surface area contributed by atoms with Crippen LogP contribution in [0, 0.1) is 6.92 Å². The number of fused-ring (bicyclic) bond motifs is 4. The summed E-state index contributed by atoms with van der Waals surface area (Å²) >= 11 is 0. The van der Waals surface area contributed by atoms with Crippen LogP contribution in [0.15, 0.2) is 249 Å². The number of anilines is 6. The third kappa shape index (κ3) is 6.03. The maximum atomic E-state index is 2.51. The summed E-state index contributed by atoms with van der Waals surface area (Å²) in [5, 5.41) is 2.40. The molecule has 0 spiro atoms. The fourth-order valence-electron chi connectivity index (χ4n) is 10.0. The smallest absolute Gasteiger partial charge is 0.0714 e. The summed E-state index contributed by atoms with van der Waals surface area (Å²) in [7, 11) is 0. The number of para-hydroxylation sites is 4. The summed E-state index contributed by atoms with van der Waals surface area (Å²) in [5.74, 6) is 0. The molecule has 2 heteroatoms. The number of nitrogens with zero attached hydrogens (tertiary/aromatic N) is 2. The monoisotopic (exact) mass is 792 g/mol. The van der Waals surface area contributed by atoms with Crippen molar-refractivity contribution < 1.29 is 0 Å². The molecule has 0 bridgehead atoms. The van der Waals surface area contributed by atoms with Crippen LogP contribution in [0.3, 0.4) is 0 Å². The first-order valence-corrected chi connectivity index (χ1v) is 21.4. The van der Waals surface area contributed by atoms with Crippen LogP contribution in [0.5, 0.6) is 0 Å². The van der Waals surface area contributed by atoms with Crippen LogP contribution in [0.1, 0.15) is 27.8 Å². The molecule has 11 rings (SSSR count). The Morgan fingerprint density at radius 2 is 0.871 bits per heavy atom. The molecular weight excluding hydrogens is 749 g/mol. The van der Waals surface area contributed by atoms with E-state index in [0.717, 1.165) is 39.7 Å². The second kappa shape index (κ2) is 15.6. The van der Waals surface area contributed by atoms with Crippen molar-refractivity contribution in [3.05, 3.63) is 277 Å². The maximum absolute atomic E-state index is 2.51. The van der Waals surface area contributed by atoms with Gasteiger partial charge in [-0.25, -0.2) is 0 Å². The molecule has 0 aliphatic heterocycles. The van der Waals surface area contributed by atoms with E-state index in [9.17, 15) is 0 Å². The Balaban J connectivity index is 1.26. The van der Waals surface area contributed by atoms with E-state index in [1.807, 2.05) is 0 Å². The minimum absolute atomic E-state index is 0.563. The summed E-state index contributed by atoms with van der Waals surface area (Å²) in [5.41, 5.74) is 17.2. The Hall–Kier alpha value is -7.94. The first kappa shape index (κ1) is 37.1. The number of hydrogen-bond donors (Lipinski definition) is 0. The first-order chi connectivity index (χ1) is 30.7. The lowest BCUT2D eigenvalue weighted by molar-refractivity contribution is 0.768. The molecule has 0 saturated heterocycles. The van der Waals surface area contributed by atoms with E-state index in [0.29, 0.717) is 0 Å². The highest BCUT2D eigenvalue weighted by molar-refractivity contribution is 6.07. The largest absolute Gasteiger partial charge is 0.308 e. The van der Waals surface area contributed by atoms with E-state index in [-0.39, 0.29) is 0 Å². The SMILES string of the molecule is Cc1cccc2c1-c1ccc(N(c3ccccc3N(c3ccccc3)c3ccccc3)c3ccc4ccccc4c3-c3ccccc3)cc1C2(c1ccccc1)c1ccccc1. The van der Waals surface area contributed by atoms with Gasteiger partial charge in [-0.3, -0.25) is 0 Å². The molecule has 294 valence electrons. The first-order valence-electron chi connectivity index (χ1n) is 21.4. The average molecular weight is 793 g/mol. The molecule has 0 amide bonds. The topological polar surface area (TPSA) is 6.48 Å². The molecular formula is C60H44N2. The summed E-state index contributed by atoms with van der Waals surface area (Å²) in [6, 6.07) is 90.9. The zero-order valence-electron chi connectivity index (χ0n) is 34.6. The Labute approximate surface area is 364 Å². The Kier molecular flexibility index (Phi) is 9.32. The molecule has 10 aromatic carbocycles. The predicted molar refractivity (Wildman–Crippen MR) is 261 cm³/mol. The van der Waals surface area contributed by atoms with E-state index in [1.165, 1.54) is 55.3 Å². The molecule has 2 nitrogen and oxygen atoms in total. The van der Waals surface area contributed by atoms with Gasteiger partial charge in [0, 0.05) is 22.6 Å². The van der Waals surface area contributed by atoms with Gasteiger partial charge < -0.3 is 9.80 Å². The van der Waals surface area contributed by atoms with Crippen molar-refractivity contribution in [2.75, 3.05) is 9.80 Å². The van der Waals surface area contributed by atoms with E-state index in [2.05, 4.69) is 265 Å². The van der Waals surface area contributed by atoms with Crippen molar-refractivity contribution in [2.45, 2.75) is 12.3 Å². The van der Waals surface area contributed by atoms with Crippen LogP contribution in [0.25, 0.3) is 33.0 Å². The van der Waals surface area contributed by atoms with Crippen LogP contribution in [-0.2, 0) is 5.41 Å². The second-order valence-corrected chi connectivity index (χ2v) is 16.1. The van der Waals surface area contributed by atoms with Crippen molar-refractivity contribution in [3.63, 3.8) is 0 Å². The number of aryl methyl sites for hydroxylation is 1. The number of hydrogen-bond acceptors (Lipinski definition) is 2. The third-order valence-corrected chi connectivity index (χ3v) is 12.6. The molecule has 0 aromatic heterocycles. The molecule has 0 atom stereocenters. The molecule has 10 aromatic rings. The van der Waals surface area contributed by atoms with Crippen molar-refractivity contribution in [2.24, 2.45) is 0 Å². The van der Waals surface area contributed by atoms with Crippen molar-refractivity contribution in [1.82, 2.24) is 0 Å². The lowest BCUT2D eigenvalue weighted by Gasteiger charge is -2.36. The molecule has 0 saturated carbocycles. The van der Waals surface area contributed by atoms with E-state index < -0.39 is 5.41 Å². The maximum Gasteiger partial charge on any atom is 0.0714 e. The van der Waals surface area contributed by atoms with Gasteiger partial charge in [0.25, 0.3) is 0 Å². The Morgan fingerprint density at radius 3 is 1.50 bits per heavy atom. The molecule has 1 aliphatic carbocycles. The fourth-order valence-corrected chi connectivity index (χ4v) is 10.0. The average Bonchev–Trinajstić information content (AvgIpc) is 3.65. The molecule has 0 heterocycles. The van der Waals surface area contributed by atoms with Crippen LogP contribution in [0.4, 0.5) is 34.1 Å². The Bertz CT molecular complexity index is 3100. The highest BCUT2D eigenvalue weighted by atomic mass is 15.2. The normalized spacial score (nSPS) is 12.4. The predicted octanol–water partition coefficient (Wildman–Crippen LogP) is 16.1. The summed E-state index contributed by atoms with van der Waals surface area (Å²) in [6.45, 7) is 2.26. The van der Waals surface area contributed by atoms with E-state index >= 15 is 0 Å². The number of benzene rings is 10. The van der Waals surface area contributed by atoms with Gasteiger partial charge in [-0.05, 0) is 117 Å². The molecule has 0 N–H and O–H groups in total.